The Morgan fingerprint density at radius 2 is 2.00 bits per heavy atom. The zero-order valence-corrected chi connectivity index (χ0v) is 13.3. The summed E-state index contributed by atoms with van der Waals surface area (Å²) in [7, 11) is 0. The molecule has 134 valence electrons. The molecule has 1 aromatic carbocycles. The molecule has 7 heteroatoms. The highest BCUT2D eigenvalue weighted by Gasteiger charge is 2.42. The van der Waals surface area contributed by atoms with Crippen molar-refractivity contribution in [2.24, 2.45) is 5.92 Å². The molecular weight excluding hydrogens is 325 g/mol. The van der Waals surface area contributed by atoms with Gasteiger partial charge in [0.2, 0.25) is 0 Å². The second-order valence-corrected chi connectivity index (χ2v) is 6.05. The number of aliphatic hydroxyl groups excluding tert-OH is 1. The van der Waals surface area contributed by atoms with Crippen LogP contribution in [0.4, 0.5) is 13.2 Å². The molecule has 0 bridgehead atoms. The topological polar surface area (TPSA) is 55.8 Å². The van der Waals surface area contributed by atoms with E-state index in [0.29, 0.717) is 12.8 Å². The van der Waals surface area contributed by atoms with Crippen LogP contribution in [0.15, 0.2) is 30.3 Å². The van der Waals surface area contributed by atoms with E-state index in [9.17, 15) is 18.0 Å². The number of carbonyl (C=O) groups excluding carboxylic acids is 1. The molecule has 0 saturated carbocycles. The number of halogens is 3. The molecule has 2 rings (SSSR count). The number of aliphatic hydroxyl groups is 1. The first-order valence-electron chi connectivity index (χ1n) is 7.88. The monoisotopic (exact) mass is 346 g/mol. The fourth-order valence-electron chi connectivity index (χ4n) is 2.67. The van der Waals surface area contributed by atoms with Crippen molar-refractivity contribution in [3.8, 4) is 0 Å². The van der Waals surface area contributed by atoms with Crippen LogP contribution < -0.4 is 0 Å². The first kappa shape index (κ1) is 18.7. The molecule has 0 aliphatic carbocycles. The average Bonchev–Trinajstić information content (AvgIpc) is 3.00. The first-order chi connectivity index (χ1) is 11.3. The summed E-state index contributed by atoms with van der Waals surface area (Å²) in [5.74, 6) is -1.01. The van der Waals surface area contributed by atoms with Crippen molar-refractivity contribution < 1.29 is 32.5 Å². The van der Waals surface area contributed by atoms with Crippen molar-refractivity contribution in [1.82, 2.24) is 0 Å². The van der Waals surface area contributed by atoms with E-state index < -0.39 is 42.8 Å². The van der Waals surface area contributed by atoms with Crippen LogP contribution in [-0.2, 0) is 20.9 Å². The van der Waals surface area contributed by atoms with Gasteiger partial charge in [-0.3, -0.25) is 4.79 Å². The molecule has 1 aliphatic rings. The Balaban J connectivity index is 1.78. The van der Waals surface area contributed by atoms with Gasteiger partial charge in [-0.25, -0.2) is 0 Å². The van der Waals surface area contributed by atoms with Crippen LogP contribution in [-0.4, -0.2) is 35.6 Å². The molecule has 4 nitrogen and oxygen atoms in total. The van der Waals surface area contributed by atoms with Gasteiger partial charge >= 0.3 is 12.1 Å². The minimum Gasteiger partial charge on any atom is -0.461 e. The van der Waals surface area contributed by atoms with Crippen molar-refractivity contribution in [3.05, 3.63) is 35.9 Å². The molecule has 1 aliphatic heterocycles. The molecule has 1 fully saturated rings. The number of ether oxygens (including phenoxy) is 2. The van der Waals surface area contributed by atoms with E-state index in [-0.39, 0.29) is 6.61 Å². The third kappa shape index (κ3) is 5.21. The quantitative estimate of drug-likeness (QED) is 0.804. The van der Waals surface area contributed by atoms with Gasteiger partial charge in [-0.05, 0) is 25.3 Å². The van der Waals surface area contributed by atoms with Crippen molar-refractivity contribution in [1.29, 1.82) is 0 Å². The fourth-order valence-corrected chi connectivity index (χ4v) is 2.67. The zero-order chi connectivity index (χ0) is 17.7. The van der Waals surface area contributed by atoms with E-state index in [2.05, 4.69) is 0 Å². The SMILES string of the molecule is C[C@@H](C(=O)OCc1ccccc1)[C@H]1CC[C@@H](C[C@H](O)C(F)(F)F)O1. The summed E-state index contributed by atoms with van der Waals surface area (Å²) in [5, 5.41) is 9.09. The third-order valence-corrected chi connectivity index (χ3v) is 4.16. The second kappa shape index (κ2) is 7.98. The van der Waals surface area contributed by atoms with Crippen LogP contribution in [0, 0.1) is 5.92 Å². The van der Waals surface area contributed by atoms with Crippen LogP contribution >= 0.6 is 0 Å². The minimum atomic E-state index is -4.65. The molecule has 0 aromatic heterocycles. The predicted molar refractivity (Wildman–Crippen MR) is 80.0 cm³/mol. The predicted octanol–water partition coefficient (Wildman–Crippen LogP) is 3.23. The van der Waals surface area contributed by atoms with Gasteiger partial charge < -0.3 is 14.6 Å². The molecule has 1 heterocycles. The van der Waals surface area contributed by atoms with Gasteiger partial charge in [-0.2, -0.15) is 13.2 Å². The Morgan fingerprint density at radius 1 is 1.33 bits per heavy atom. The van der Waals surface area contributed by atoms with Gasteiger partial charge in [0.25, 0.3) is 0 Å². The van der Waals surface area contributed by atoms with Gasteiger partial charge in [0, 0.05) is 6.42 Å². The van der Waals surface area contributed by atoms with Gasteiger partial charge in [-0.1, -0.05) is 30.3 Å². The van der Waals surface area contributed by atoms with Crippen LogP contribution in [0.2, 0.25) is 0 Å². The highest BCUT2D eigenvalue weighted by molar-refractivity contribution is 5.72. The largest absolute Gasteiger partial charge is 0.461 e. The number of rotatable bonds is 6. The Labute approximate surface area is 138 Å². The standard InChI is InChI=1S/C17H21F3O4/c1-11(16(22)23-10-12-5-3-2-4-6-12)14-8-7-13(24-14)9-15(21)17(18,19)20/h2-6,11,13-15,21H,7-10H2,1H3/t11-,13+,14-,15+/m1/s1. The van der Waals surface area contributed by atoms with E-state index in [1.165, 1.54) is 0 Å². The maximum Gasteiger partial charge on any atom is 0.414 e. The smallest absolute Gasteiger partial charge is 0.414 e. The highest BCUT2D eigenvalue weighted by atomic mass is 19.4. The summed E-state index contributed by atoms with van der Waals surface area (Å²) in [6.07, 6.45) is -7.89. The molecule has 1 N–H and O–H groups in total. The van der Waals surface area contributed by atoms with Crippen LogP contribution in [0.1, 0.15) is 31.7 Å². The van der Waals surface area contributed by atoms with Gasteiger partial charge in [0.15, 0.2) is 6.10 Å². The normalized spacial score (nSPS) is 23.7. The summed E-state index contributed by atoms with van der Waals surface area (Å²) in [4.78, 5) is 12.1. The number of carbonyl (C=O) groups is 1. The second-order valence-electron chi connectivity index (χ2n) is 6.05. The van der Waals surface area contributed by atoms with Crippen LogP contribution in [0.5, 0.6) is 0 Å². The summed E-state index contributed by atoms with van der Waals surface area (Å²) in [5.41, 5.74) is 0.858. The molecule has 0 amide bonds. The molecule has 0 unspecified atom stereocenters. The molecule has 0 radical (unpaired) electrons. The zero-order valence-electron chi connectivity index (χ0n) is 13.3. The number of alkyl halides is 3. The Hall–Kier alpha value is -1.60. The van der Waals surface area contributed by atoms with Crippen LogP contribution in [0.25, 0.3) is 0 Å². The summed E-state index contributed by atoms with van der Waals surface area (Å²) in [6, 6.07) is 9.19. The lowest BCUT2D eigenvalue weighted by Gasteiger charge is -2.21. The van der Waals surface area contributed by atoms with E-state index in [1.54, 1.807) is 6.92 Å². The van der Waals surface area contributed by atoms with Crippen molar-refractivity contribution in [2.45, 2.75) is 57.3 Å². The third-order valence-electron chi connectivity index (χ3n) is 4.16. The molecule has 1 aromatic rings. The van der Waals surface area contributed by atoms with E-state index in [0.717, 1.165) is 5.56 Å². The van der Waals surface area contributed by atoms with Gasteiger partial charge in [-0.15, -0.1) is 0 Å². The Morgan fingerprint density at radius 3 is 2.62 bits per heavy atom. The molecule has 24 heavy (non-hydrogen) atoms. The summed E-state index contributed by atoms with van der Waals surface area (Å²) in [6.45, 7) is 1.79. The number of benzene rings is 1. The number of hydrogen-bond acceptors (Lipinski definition) is 4. The highest BCUT2D eigenvalue weighted by Crippen LogP contribution is 2.32. The lowest BCUT2D eigenvalue weighted by atomic mass is 10.0. The molecular formula is C17H21F3O4. The number of hydrogen-bond donors (Lipinski definition) is 1. The van der Waals surface area contributed by atoms with Gasteiger partial charge in [0.05, 0.1) is 18.1 Å². The molecule has 0 spiro atoms. The maximum absolute atomic E-state index is 12.4. The van der Waals surface area contributed by atoms with Crippen molar-refractivity contribution in [3.63, 3.8) is 0 Å². The fraction of sp³-hybridized carbons (Fsp3) is 0.588. The van der Waals surface area contributed by atoms with E-state index >= 15 is 0 Å². The first-order valence-corrected chi connectivity index (χ1v) is 7.88. The molecule has 1 saturated heterocycles. The lowest BCUT2D eigenvalue weighted by molar-refractivity contribution is -0.212. The molecule has 4 atom stereocenters. The minimum absolute atomic E-state index is 0.146. The lowest BCUT2D eigenvalue weighted by Crippen LogP contribution is -2.33. The Kier molecular flexibility index (Phi) is 6.23. The summed E-state index contributed by atoms with van der Waals surface area (Å²) < 4.78 is 47.8. The van der Waals surface area contributed by atoms with Crippen molar-refractivity contribution >= 4 is 5.97 Å². The summed E-state index contributed by atoms with van der Waals surface area (Å²) >= 11 is 0. The van der Waals surface area contributed by atoms with E-state index in [1.807, 2.05) is 30.3 Å². The van der Waals surface area contributed by atoms with E-state index in [4.69, 9.17) is 14.6 Å². The average molecular weight is 346 g/mol. The Bertz CT molecular complexity index is 532. The maximum atomic E-state index is 12.4. The van der Waals surface area contributed by atoms with Crippen LogP contribution in [0.3, 0.4) is 0 Å². The van der Waals surface area contributed by atoms with Gasteiger partial charge in [0.1, 0.15) is 6.61 Å². The van der Waals surface area contributed by atoms with Crippen molar-refractivity contribution in [2.75, 3.05) is 0 Å². The number of esters is 1.